The maximum absolute atomic E-state index is 13.0. The zero-order valence-electron chi connectivity index (χ0n) is 14.4. The van der Waals surface area contributed by atoms with Crippen LogP contribution in [0.2, 0.25) is 0 Å². The van der Waals surface area contributed by atoms with E-state index >= 15 is 0 Å². The molecule has 0 unspecified atom stereocenters. The molecule has 0 radical (unpaired) electrons. The summed E-state index contributed by atoms with van der Waals surface area (Å²) in [5.74, 6) is 0.768. The van der Waals surface area contributed by atoms with Gasteiger partial charge in [-0.3, -0.25) is 4.98 Å². The molecule has 3 rings (SSSR count). The van der Waals surface area contributed by atoms with E-state index in [1.807, 2.05) is 25.1 Å². The zero-order chi connectivity index (χ0) is 18.4. The van der Waals surface area contributed by atoms with Gasteiger partial charge in [-0.05, 0) is 36.8 Å². The van der Waals surface area contributed by atoms with E-state index in [9.17, 15) is 9.50 Å². The molecule has 0 aliphatic rings. The minimum Gasteiger partial charge on any atom is -0.394 e. The fourth-order valence-corrected chi connectivity index (χ4v) is 2.33. The zero-order valence-corrected chi connectivity index (χ0v) is 14.4. The van der Waals surface area contributed by atoms with Crippen molar-refractivity contribution in [1.29, 1.82) is 0 Å². The summed E-state index contributed by atoms with van der Waals surface area (Å²) in [6.07, 6.45) is 3.43. The number of aliphatic hydroxyl groups is 1. The van der Waals surface area contributed by atoms with Gasteiger partial charge in [0, 0.05) is 36.6 Å². The molecule has 2 heterocycles. The van der Waals surface area contributed by atoms with Crippen molar-refractivity contribution in [2.24, 2.45) is 0 Å². The number of aromatic nitrogens is 3. The van der Waals surface area contributed by atoms with Gasteiger partial charge in [0.2, 0.25) is 5.95 Å². The molecule has 1 atom stereocenters. The van der Waals surface area contributed by atoms with Crippen LogP contribution in [0.5, 0.6) is 0 Å². The predicted octanol–water partition coefficient (Wildman–Crippen LogP) is 3.08. The Kier molecular flexibility index (Phi) is 5.70. The third-order valence-corrected chi connectivity index (χ3v) is 3.72. The lowest BCUT2D eigenvalue weighted by molar-refractivity contribution is 0.281. The van der Waals surface area contributed by atoms with Crippen LogP contribution in [0.1, 0.15) is 12.5 Å². The number of pyridine rings is 1. The van der Waals surface area contributed by atoms with Gasteiger partial charge in [0.25, 0.3) is 0 Å². The Balaban J connectivity index is 1.85. The van der Waals surface area contributed by atoms with E-state index in [1.165, 1.54) is 12.1 Å². The molecule has 0 spiro atoms. The van der Waals surface area contributed by atoms with Crippen molar-refractivity contribution >= 4 is 11.8 Å². The topological polar surface area (TPSA) is 83.0 Å². The van der Waals surface area contributed by atoms with Crippen molar-refractivity contribution < 1.29 is 9.50 Å². The average Bonchev–Trinajstić information content (AvgIpc) is 2.68. The van der Waals surface area contributed by atoms with Crippen molar-refractivity contribution in [2.45, 2.75) is 19.5 Å². The van der Waals surface area contributed by atoms with Crippen molar-refractivity contribution in [3.05, 3.63) is 66.2 Å². The van der Waals surface area contributed by atoms with Gasteiger partial charge in [-0.1, -0.05) is 12.1 Å². The summed E-state index contributed by atoms with van der Waals surface area (Å²) in [5, 5.41) is 15.5. The third-order valence-electron chi connectivity index (χ3n) is 3.72. The first-order chi connectivity index (χ1) is 12.6. The van der Waals surface area contributed by atoms with E-state index in [2.05, 4.69) is 25.6 Å². The van der Waals surface area contributed by atoms with Gasteiger partial charge >= 0.3 is 0 Å². The summed E-state index contributed by atoms with van der Waals surface area (Å²) in [7, 11) is 0. The summed E-state index contributed by atoms with van der Waals surface area (Å²) in [6, 6.07) is 11.7. The number of rotatable bonds is 7. The second kappa shape index (κ2) is 8.35. The number of aliphatic hydroxyl groups excluding tert-OH is 1. The Morgan fingerprint density at radius 2 is 1.96 bits per heavy atom. The van der Waals surface area contributed by atoms with Crippen LogP contribution in [-0.4, -0.2) is 32.7 Å². The summed E-state index contributed by atoms with van der Waals surface area (Å²) < 4.78 is 13.0. The monoisotopic (exact) mass is 353 g/mol. The average molecular weight is 353 g/mol. The number of nitrogens with one attached hydrogen (secondary N) is 2. The molecular formula is C19H20FN5O. The fourth-order valence-electron chi connectivity index (χ4n) is 2.33. The largest absolute Gasteiger partial charge is 0.394 e. The van der Waals surface area contributed by atoms with E-state index in [0.29, 0.717) is 24.0 Å². The van der Waals surface area contributed by atoms with Crippen molar-refractivity contribution in [3.8, 4) is 11.3 Å². The van der Waals surface area contributed by atoms with E-state index in [-0.39, 0.29) is 18.5 Å². The fraction of sp³-hybridized carbons (Fsp3) is 0.211. The highest BCUT2D eigenvalue weighted by Crippen LogP contribution is 2.21. The number of halogens is 1. The van der Waals surface area contributed by atoms with Crippen molar-refractivity contribution in [3.63, 3.8) is 0 Å². The SMILES string of the molecule is C[C@H](CO)Nc1nc(NCc2ccc(F)cc2)cc(-c2cccnc2)n1. The van der Waals surface area contributed by atoms with Crippen LogP contribution in [0, 0.1) is 5.82 Å². The van der Waals surface area contributed by atoms with Crippen molar-refractivity contribution in [2.75, 3.05) is 17.2 Å². The molecule has 2 aromatic heterocycles. The number of hydrogen-bond donors (Lipinski definition) is 3. The second-order valence-corrected chi connectivity index (χ2v) is 5.91. The van der Waals surface area contributed by atoms with Gasteiger partial charge in [-0.25, -0.2) is 9.37 Å². The third kappa shape index (κ3) is 4.73. The second-order valence-electron chi connectivity index (χ2n) is 5.91. The standard InChI is InChI=1S/C19H20FN5O/c1-13(12-26)23-19-24-17(15-3-2-8-21-11-15)9-18(25-19)22-10-14-4-6-16(20)7-5-14/h2-9,11,13,26H,10,12H2,1H3,(H2,22,23,24,25)/t13-/m1/s1. The Labute approximate surface area is 151 Å². The summed E-state index contributed by atoms with van der Waals surface area (Å²) >= 11 is 0. The van der Waals surface area contributed by atoms with Crippen molar-refractivity contribution in [1.82, 2.24) is 15.0 Å². The molecule has 0 saturated carbocycles. The molecule has 26 heavy (non-hydrogen) atoms. The van der Waals surface area contributed by atoms with Gasteiger partial charge in [0.15, 0.2) is 0 Å². The normalized spacial score (nSPS) is 11.8. The Morgan fingerprint density at radius 3 is 2.65 bits per heavy atom. The van der Waals surface area contributed by atoms with Crippen LogP contribution in [0.3, 0.4) is 0 Å². The highest BCUT2D eigenvalue weighted by Gasteiger charge is 2.09. The van der Waals surface area contributed by atoms with E-state index in [4.69, 9.17) is 0 Å². The van der Waals surface area contributed by atoms with E-state index in [0.717, 1.165) is 11.1 Å². The molecule has 0 saturated heterocycles. The van der Waals surface area contributed by atoms with Gasteiger partial charge < -0.3 is 15.7 Å². The molecule has 0 fully saturated rings. The molecule has 0 amide bonds. The van der Waals surface area contributed by atoms with Gasteiger partial charge in [-0.2, -0.15) is 4.98 Å². The molecule has 0 aliphatic heterocycles. The smallest absolute Gasteiger partial charge is 0.225 e. The lowest BCUT2D eigenvalue weighted by Gasteiger charge is -2.14. The Bertz CT molecular complexity index is 842. The van der Waals surface area contributed by atoms with Gasteiger partial charge in [-0.15, -0.1) is 0 Å². The molecule has 7 heteroatoms. The minimum atomic E-state index is -0.265. The number of anilines is 2. The summed E-state index contributed by atoms with van der Waals surface area (Å²) in [6.45, 7) is 2.31. The lowest BCUT2D eigenvalue weighted by Crippen LogP contribution is -2.21. The van der Waals surface area contributed by atoms with Gasteiger partial charge in [0.05, 0.1) is 12.3 Å². The van der Waals surface area contributed by atoms with Crippen LogP contribution in [0.4, 0.5) is 16.2 Å². The molecule has 1 aromatic carbocycles. The molecule has 134 valence electrons. The van der Waals surface area contributed by atoms with Crippen LogP contribution in [0.15, 0.2) is 54.9 Å². The van der Waals surface area contributed by atoms with Crippen LogP contribution >= 0.6 is 0 Å². The van der Waals surface area contributed by atoms with Crippen LogP contribution in [-0.2, 0) is 6.54 Å². The molecule has 6 nitrogen and oxygen atoms in total. The van der Waals surface area contributed by atoms with E-state index in [1.54, 1.807) is 24.5 Å². The first-order valence-electron chi connectivity index (χ1n) is 8.29. The van der Waals surface area contributed by atoms with Crippen LogP contribution < -0.4 is 10.6 Å². The molecule has 0 aliphatic carbocycles. The first-order valence-corrected chi connectivity index (χ1v) is 8.29. The summed E-state index contributed by atoms with van der Waals surface area (Å²) in [5.41, 5.74) is 2.51. The highest BCUT2D eigenvalue weighted by molar-refractivity contribution is 5.63. The Hall–Kier alpha value is -3.06. The lowest BCUT2D eigenvalue weighted by atomic mass is 10.2. The summed E-state index contributed by atoms with van der Waals surface area (Å²) in [4.78, 5) is 13.1. The maximum Gasteiger partial charge on any atom is 0.225 e. The maximum atomic E-state index is 13.0. The quantitative estimate of drug-likeness (QED) is 0.605. The minimum absolute atomic E-state index is 0.0289. The number of hydrogen-bond acceptors (Lipinski definition) is 6. The molecule has 3 aromatic rings. The molecule has 3 N–H and O–H groups in total. The highest BCUT2D eigenvalue weighted by atomic mass is 19.1. The predicted molar refractivity (Wildman–Crippen MR) is 99.2 cm³/mol. The first kappa shape index (κ1) is 17.8. The molecule has 0 bridgehead atoms. The Morgan fingerprint density at radius 1 is 1.15 bits per heavy atom. The van der Waals surface area contributed by atoms with Gasteiger partial charge in [0.1, 0.15) is 11.6 Å². The number of nitrogens with zero attached hydrogens (tertiary/aromatic N) is 3. The number of benzene rings is 1. The van der Waals surface area contributed by atoms with Crippen LogP contribution in [0.25, 0.3) is 11.3 Å². The molecular weight excluding hydrogens is 333 g/mol. The van der Waals surface area contributed by atoms with E-state index < -0.39 is 0 Å².